The van der Waals surface area contributed by atoms with Crippen molar-refractivity contribution in [2.75, 3.05) is 7.11 Å². The van der Waals surface area contributed by atoms with Gasteiger partial charge in [-0.25, -0.2) is 9.18 Å². The number of carbonyl (C=O) groups is 1. The average molecular weight is 204 g/mol. The van der Waals surface area contributed by atoms with E-state index in [4.69, 9.17) is 0 Å². The molecule has 0 aliphatic carbocycles. The molecular weight excluding hydrogens is 195 g/mol. The molecule has 3 heteroatoms. The Balaban J connectivity index is 2.79. The largest absolute Gasteiger partial charge is 0.465 e. The lowest BCUT2D eigenvalue weighted by Gasteiger charge is -2.05. The molecule has 2 aromatic carbocycles. The number of rotatable bonds is 1. The predicted molar refractivity (Wildman–Crippen MR) is 55.2 cm³/mol. The van der Waals surface area contributed by atoms with Crippen LogP contribution in [-0.2, 0) is 4.74 Å². The first kappa shape index (κ1) is 9.65. The van der Waals surface area contributed by atoms with E-state index in [0.29, 0.717) is 5.39 Å². The molecule has 0 fully saturated rings. The Hall–Kier alpha value is -1.90. The molecule has 0 atom stereocenters. The van der Waals surface area contributed by atoms with Gasteiger partial charge in [-0.1, -0.05) is 30.3 Å². The summed E-state index contributed by atoms with van der Waals surface area (Å²) in [5, 5.41) is 1.39. The second kappa shape index (κ2) is 3.69. The molecule has 0 aliphatic rings. The summed E-state index contributed by atoms with van der Waals surface area (Å²) in [5.41, 5.74) is -0.00407. The third kappa shape index (κ3) is 1.56. The topological polar surface area (TPSA) is 26.3 Å². The molecule has 15 heavy (non-hydrogen) atoms. The van der Waals surface area contributed by atoms with Gasteiger partial charge in [-0.3, -0.25) is 0 Å². The summed E-state index contributed by atoms with van der Waals surface area (Å²) in [4.78, 5) is 11.4. The first-order valence-electron chi connectivity index (χ1n) is 4.49. The van der Waals surface area contributed by atoms with Crippen LogP contribution in [0, 0.1) is 5.82 Å². The number of hydrogen-bond donors (Lipinski definition) is 0. The van der Waals surface area contributed by atoms with Crippen LogP contribution in [0.2, 0.25) is 0 Å². The van der Waals surface area contributed by atoms with Crippen LogP contribution < -0.4 is 0 Å². The number of halogens is 1. The highest BCUT2D eigenvalue weighted by Crippen LogP contribution is 2.22. The lowest BCUT2D eigenvalue weighted by Crippen LogP contribution is -2.05. The van der Waals surface area contributed by atoms with Gasteiger partial charge in [0.2, 0.25) is 0 Å². The van der Waals surface area contributed by atoms with Crippen molar-refractivity contribution in [3.63, 3.8) is 0 Å². The monoisotopic (exact) mass is 204 g/mol. The summed E-state index contributed by atoms with van der Waals surface area (Å²) in [6.07, 6.45) is 0. The van der Waals surface area contributed by atoms with Gasteiger partial charge in [0.15, 0.2) is 0 Å². The Labute approximate surface area is 86.3 Å². The van der Waals surface area contributed by atoms with E-state index in [-0.39, 0.29) is 5.56 Å². The number of hydrogen-bond acceptors (Lipinski definition) is 2. The number of methoxy groups -OCH3 is 1. The standard InChI is InChI=1S/C12H9FO2/c1-15-12(14)11-9-5-3-2-4-8(9)6-7-10(11)13/h2-7H,1H3. The number of benzene rings is 2. The molecule has 0 N–H and O–H groups in total. The molecule has 0 radical (unpaired) electrons. The van der Waals surface area contributed by atoms with Gasteiger partial charge in [-0.05, 0) is 16.8 Å². The summed E-state index contributed by atoms with van der Waals surface area (Å²) >= 11 is 0. The fraction of sp³-hybridized carbons (Fsp3) is 0.0833. The Morgan fingerprint density at radius 3 is 2.67 bits per heavy atom. The maximum absolute atomic E-state index is 13.5. The summed E-state index contributed by atoms with van der Waals surface area (Å²) in [6.45, 7) is 0. The van der Waals surface area contributed by atoms with E-state index in [1.807, 2.05) is 12.1 Å². The Kier molecular flexibility index (Phi) is 2.37. The maximum atomic E-state index is 13.5. The molecule has 2 rings (SSSR count). The van der Waals surface area contributed by atoms with Crippen molar-refractivity contribution < 1.29 is 13.9 Å². The zero-order valence-electron chi connectivity index (χ0n) is 8.16. The van der Waals surface area contributed by atoms with E-state index >= 15 is 0 Å². The normalized spacial score (nSPS) is 10.3. The van der Waals surface area contributed by atoms with Crippen molar-refractivity contribution in [2.45, 2.75) is 0 Å². The fourth-order valence-electron chi connectivity index (χ4n) is 1.55. The summed E-state index contributed by atoms with van der Waals surface area (Å²) in [6, 6.07) is 10.0. The van der Waals surface area contributed by atoms with Crippen LogP contribution in [0.15, 0.2) is 36.4 Å². The van der Waals surface area contributed by atoms with Gasteiger partial charge in [-0.2, -0.15) is 0 Å². The zero-order chi connectivity index (χ0) is 10.8. The Morgan fingerprint density at radius 1 is 1.20 bits per heavy atom. The second-order valence-electron chi connectivity index (χ2n) is 3.14. The SMILES string of the molecule is COC(=O)c1c(F)ccc2ccccc12. The lowest BCUT2D eigenvalue weighted by molar-refractivity contribution is 0.0598. The predicted octanol–water partition coefficient (Wildman–Crippen LogP) is 2.77. The third-order valence-electron chi connectivity index (χ3n) is 2.27. The van der Waals surface area contributed by atoms with Crippen LogP contribution >= 0.6 is 0 Å². The quantitative estimate of drug-likeness (QED) is 0.667. The van der Waals surface area contributed by atoms with Crippen molar-refractivity contribution in [1.82, 2.24) is 0 Å². The summed E-state index contributed by atoms with van der Waals surface area (Å²) in [5.74, 6) is -1.20. The van der Waals surface area contributed by atoms with Crippen LogP contribution in [0.3, 0.4) is 0 Å². The molecule has 0 saturated carbocycles. The molecule has 0 amide bonds. The highest BCUT2D eigenvalue weighted by Gasteiger charge is 2.15. The minimum Gasteiger partial charge on any atom is -0.465 e. The molecule has 0 bridgehead atoms. The molecule has 0 aliphatic heterocycles. The van der Waals surface area contributed by atoms with Gasteiger partial charge in [0.1, 0.15) is 11.4 Å². The van der Waals surface area contributed by atoms with Crippen molar-refractivity contribution >= 4 is 16.7 Å². The van der Waals surface area contributed by atoms with E-state index in [2.05, 4.69) is 4.74 Å². The van der Waals surface area contributed by atoms with E-state index in [1.165, 1.54) is 13.2 Å². The Bertz CT molecular complexity index is 520. The smallest absolute Gasteiger partial charge is 0.341 e. The fourth-order valence-corrected chi connectivity index (χ4v) is 1.55. The van der Waals surface area contributed by atoms with Gasteiger partial charge < -0.3 is 4.74 Å². The van der Waals surface area contributed by atoms with Crippen molar-refractivity contribution in [3.05, 3.63) is 47.8 Å². The molecule has 0 aromatic heterocycles. The minimum atomic E-state index is -0.649. The van der Waals surface area contributed by atoms with Gasteiger partial charge >= 0.3 is 5.97 Å². The molecule has 0 saturated heterocycles. The number of ether oxygens (including phenoxy) is 1. The highest BCUT2D eigenvalue weighted by atomic mass is 19.1. The van der Waals surface area contributed by atoms with E-state index in [9.17, 15) is 9.18 Å². The van der Waals surface area contributed by atoms with Crippen molar-refractivity contribution in [2.24, 2.45) is 0 Å². The van der Waals surface area contributed by atoms with Gasteiger partial charge in [0.05, 0.1) is 7.11 Å². The lowest BCUT2D eigenvalue weighted by atomic mass is 10.0. The minimum absolute atomic E-state index is 0.00407. The van der Waals surface area contributed by atoms with Crippen LogP contribution in [0.1, 0.15) is 10.4 Å². The average Bonchev–Trinajstić information content (AvgIpc) is 2.28. The van der Waals surface area contributed by atoms with Crippen LogP contribution in [0.4, 0.5) is 4.39 Å². The van der Waals surface area contributed by atoms with Crippen molar-refractivity contribution in [1.29, 1.82) is 0 Å². The summed E-state index contributed by atoms with van der Waals surface area (Å²) < 4.78 is 18.0. The number of esters is 1. The van der Waals surface area contributed by atoms with Crippen LogP contribution in [0.25, 0.3) is 10.8 Å². The molecule has 76 valence electrons. The number of carbonyl (C=O) groups excluding carboxylic acids is 1. The first-order chi connectivity index (χ1) is 7.24. The van der Waals surface area contributed by atoms with E-state index in [1.54, 1.807) is 18.2 Å². The maximum Gasteiger partial charge on any atom is 0.341 e. The molecule has 0 spiro atoms. The van der Waals surface area contributed by atoms with Crippen molar-refractivity contribution in [3.8, 4) is 0 Å². The highest BCUT2D eigenvalue weighted by molar-refractivity contribution is 6.04. The molecular formula is C12H9FO2. The molecule has 2 nitrogen and oxygen atoms in total. The molecule has 2 aromatic rings. The van der Waals surface area contributed by atoms with Gasteiger partial charge in [0.25, 0.3) is 0 Å². The molecule has 0 heterocycles. The first-order valence-corrected chi connectivity index (χ1v) is 4.49. The van der Waals surface area contributed by atoms with Crippen LogP contribution in [-0.4, -0.2) is 13.1 Å². The van der Waals surface area contributed by atoms with E-state index in [0.717, 1.165) is 5.39 Å². The third-order valence-corrected chi connectivity index (χ3v) is 2.27. The Morgan fingerprint density at radius 2 is 1.93 bits per heavy atom. The van der Waals surface area contributed by atoms with Gasteiger partial charge in [-0.15, -0.1) is 0 Å². The van der Waals surface area contributed by atoms with Gasteiger partial charge in [0, 0.05) is 0 Å². The molecule has 0 unspecified atom stereocenters. The summed E-state index contributed by atoms with van der Waals surface area (Å²) in [7, 11) is 1.24. The van der Waals surface area contributed by atoms with E-state index < -0.39 is 11.8 Å². The zero-order valence-corrected chi connectivity index (χ0v) is 8.16. The van der Waals surface area contributed by atoms with Crippen LogP contribution in [0.5, 0.6) is 0 Å². The second-order valence-corrected chi connectivity index (χ2v) is 3.14. The number of fused-ring (bicyclic) bond motifs is 1.